The number of rotatable bonds is 4. The highest BCUT2D eigenvalue weighted by atomic mass is 35.5. The summed E-state index contributed by atoms with van der Waals surface area (Å²) >= 11 is 5.45. The molecular weight excluding hydrogens is 164 g/mol. The van der Waals surface area contributed by atoms with E-state index in [2.05, 4.69) is 19.9 Å². The van der Waals surface area contributed by atoms with E-state index < -0.39 is 0 Å². The van der Waals surface area contributed by atoms with Gasteiger partial charge in [-0.3, -0.25) is 0 Å². The Balaban J connectivity index is 3.56. The molecular formula is C7H15ClOSi. The van der Waals surface area contributed by atoms with E-state index in [0.29, 0.717) is 5.88 Å². The molecule has 0 spiro atoms. The summed E-state index contributed by atoms with van der Waals surface area (Å²) in [5.41, 5.74) is 0.00871. The van der Waals surface area contributed by atoms with Gasteiger partial charge in [-0.1, -0.05) is 12.2 Å². The number of alkyl halides is 1. The second kappa shape index (κ2) is 4.94. The van der Waals surface area contributed by atoms with Crippen LogP contribution >= 0.6 is 11.6 Å². The molecule has 0 amide bonds. The lowest BCUT2D eigenvalue weighted by atomic mass is 10.1. The predicted octanol–water partition coefficient (Wildman–Crippen LogP) is 1.25. The highest BCUT2D eigenvalue weighted by molar-refractivity contribution is 6.18. The first-order valence-corrected chi connectivity index (χ1v) is 4.73. The molecule has 60 valence electrons. The van der Waals surface area contributed by atoms with Crippen LogP contribution in [0.15, 0.2) is 12.2 Å². The topological polar surface area (TPSA) is 9.23 Å². The first-order chi connectivity index (χ1) is 4.62. The molecule has 0 aromatic heterocycles. The molecule has 0 aromatic rings. The fourth-order valence-electron chi connectivity index (χ4n) is 0.513. The Morgan fingerprint density at radius 3 is 2.50 bits per heavy atom. The van der Waals surface area contributed by atoms with Crippen molar-refractivity contribution in [1.29, 1.82) is 0 Å². The molecule has 0 unspecified atom stereocenters. The summed E-state index contributed by atoms with van der Waals surface area (Å²) in [6.07, 6.45) is 4.96. The van der Waals surface area contributed by atoms with Crippen molar-refractivity contribution in [1.82, 2.24) is 0 Å². The Morgan fingerprint density at radius 1 is 1.50 bits per heavy atom. The Labute approximate surface area is 71.0 Å². The molecule has 0 atom stereocenters. The molecule has 10 heavy (non-hydrogen) atoms. The molecule has 0 bridgehead atoms. The predicted molar refractivity (Wildman–Crippen MR) is 49.6 cm³/mol. The fraction of sp³-hybridized carbons (Fsp3) is 0.714. The summed E-state index contributed by atoms with van der Waals surface area (Å²) in [6.45, 7) is 4.16. The Hall–Kier alpha value is 0.207. The molecule has 0 heterocycles. The van der Waals surface area contributed by atoms with Crippen LogP contribution in [-0.4, -0.2) is 22.0 Å². The van der Waals surface area contributed by atoms with E-state index in [1.165, 1.54) is 0 Å². The van der Waals surface area contributed by atoms with Crippen LogP contribution in [0, 0.1) is 0 Å². The van der Waals surface area contributed by atoms with Gasteiger partial charge in [0.25, 0.3) is 0 Å². The van der Waals surface area contributed by atoms with Crippen molar-refractivity contribution >= 4 is 22.1 Å². The Bertz CT molecular complexity index is 112. The summed E-state index contributed by atoms with van der Waals surface area (Å²) in [4.78, 5) is 0. The first-order valence-electron chi connectivity index (χ1n) is 3.38. The Kier molecular flexibility index (Phi) is 5.04. The molecule has 0 saturated carbocycles. The summed E-state index contributed by atoms with van der Waals surface area (Å²) in [5.74, 6) is 0.594. The van der Waals surface area contributed by atoms with Crippen LogP contribution < -0.4 is 0 Å². The van der Waals surface area contributed by atoms with E-state index in [1.807, 2.05) is 6.08 Å². The average molecular weight is 179 g/mol. The maximum Gasteiger partial charge on any atom is 0.146 e. The minimum absolute atomic E-state index is 0.00871. The average Bonchev–Trinajstić information content (AvgIpc) is 1.89. The van der Waals surface area contributed by atoms with Crippen molar-refractivity contribution in [3.05, 3.63) is 12.2 Å². The van der Waals surface area contributed by atoms with Crippen LogP contribution in [0.5, 0.6) is 0 Å². The van der Waals surface area contributed by atoms with E-state index >= 15 is 0 Å². The SMILES string of the molecule is CC(C)(CC=CCCl)O[SiH3]. The molecule has 0 aromatic carbocycles. The van der Waals surface area contributed by atoms with E-state index in [1.54, 1.807) is 0 Å². The van der Waals surface area contributed by atoms with E-state index in [9.17, 15) is 0 Å². The van der Waals surface area contributed by atoms with Crippen molar-refractivity contribution in [3.63, 3.8) is 0 Å². The molecule has 0 saturated heterocycles. The van der Waals surface area contributed by atoms with Gasteiger partial charge in [-0.05, 0) is 20.3 Å². The summed E-state index contributed by atoms with van der Waals surface area (Å²) in [5, 5.41) is 0. The third-order valence-corrected chi connectivity index (χ3v) is 2.70. The van der Waals surface area contributed by atoms with Gasteiger partial charge in [0.1, 0.15) is 10.5 Å². The van der Waals surface area contributed by atoms with Gasteiger partial charge in [0, 0.05) is 5.88 Å². The van der Waals surface area contributed by atoms with Crippen molar-refractivity contribution in [2.75, 3.05) is 5.88 Å². The number of allylic oxidation sites excluding steroid dienone is 1. The zero-order valence-electron chi connectivity index (χ0n) is 6.86. The van der Waals surface area contributed by atoms with E-state index in [4.69, 9.17) is 16.0 Å². The second-order valence-corrected chi connectivity index (χ2v) is 3.51. The molecule has 0 aliphatic heterocycles. The van der Waals surface area contributed by atoms with Gasteiger partial charge in [0.15, 0.2) is 0 Å². The zero-order valence-corrected chi connectivity index (χ0v) is 9.61. The summed E-state index contributed by atoms with van der Waals surface area (Å²) < 4.78 is 5.33. The van der Waals surface area contributed by atoms with Gasteiger partial charge in [0.05, 0.1) is 5.60 Å². The number of hydrogen-bond acceptors (Lipinski definition) is 1. The molecule has 0 fully saturated rings. The standard InChI is InChI=1S/C7H15ClOSi/c1-7(2,9-10)5-3-4-6-8/h3-4H,5-6H2,1-2,10H3. The van der Waals surface area contributed by atoms with Gasteiger partial charge in [-0.25, -0.2) is 0 Å². The van der Waals surface area contributed by atoms with Gasteiger partial charge >= 0.3 is 0 Å². The molecule has 1 nitrogen and oxygen atoms in total. The third-order valence-electron chi connectivity index (χ3n) is 1.42. The maximum atomic E-state index is 5.45. The lowest BCUT2D eigenvalue weighted by Crippen LogP contribution is -2.21. The highest BCUT2D eigenvalue weighted by Crippen LogP contribution is 2.12. The molecule has 0 radical (unpaired) electrons. The van der Waals surface area contributed by atoms with Crippen LogP contribution in [-0.2, 0) is 4.43 Å². The second-order valence-electron chi connectivity index (χ2n) is 2.79. The van der Waals surface area contributed by atoms with Crippen molar-refractivity contribution < 1.29 is 4.43 Å². The highest BCUT2D eigenvalue weighted by Gasteiger charge is 2.11. The fourth-order valence-corrected chi connectivity index (χ4v) is 0.806. The van der Waals surface area contributed by atoms with Crippen LogP contribution in [0.2, 0.25) is 0 Å². The zero-order chi connectivity index (χ0) is 8.04. The molecule has 0 aliphatic carbocycles. The largest absolute Gasteiger partial charge is 0.423 e. The van der Waals surface area contributed by atoms with Gasteiger partial charge in [-0.15, -0.1) is 11.6 Å². The summed E-state index contributed by atoms with van der Waals surface area (Å²) in [6, 6.07) is 0. The van der Waals surface area contributed by atoms with Crippen LogP contribution in [0.1, 0.15) is 20.3 Å². The minimum Gasteiger partial charge on any atom is -0.423 e. The van der Waals surface area contributed by atoms with Crippen molar-refractivity contribution in [2.45, 2.75) is 25.9 Å². The smallest absolute Gasteiger partial charge is 0.146 e. The maximum absolute atomic E-state index is 5.45. The first kappa shape index (κ1) is 10.2. The normalized spacial score (nSPS) is 13.1. The summed E-state index contributed by atoms with van der Waals surface area (Å²) in [7, 11) is 0.799. The lowest BCUT2D eigenvalue weighted by Gasteiger charge is -2.21. The van der Waals surface area contributed by atoms with Gasteiger partial charge in [0.2, 0.25) is 0 Å². The van der Waals surface area contributed by atoms with E-state index in [0.717, 1.165) is 16.9 Å². The quantitative estimate of drug-likeness (QED) is 0.358. The molecule has 0 rings (SSSR count). The van der Waals surface area contributed by atoms with E-state index in [-0.39, 0.29) is 5.60 Å². The molecule has 3 heteroatoms. The molecule has 0 aliphatic rings. The van der Waals surface area contributed by atoms with Crippen molar-refractivity contribution in [3.8, 4) is 0 Å². The lowest BCUT2D eigenvalue weighted by molar-refractivity contribution is 0.127. The van der Waals surface area contributed by atoms with Crippen LogP contribution in [0.3, 0.4) is 0 Å². The Morgan fingerprint density at radius 2 is 2.10 bits per heavy atom. The third kappa shape index (κ3) is 5.03. The van der Waals surface area contributed by atoms with Crippen LogP contribution in [0.4, 0.5) is 0 Å². The monoisotopic (exact) mass is 178 g/mol. The van der Waals surface area contributed by atoms with Gasteiger partial charge in [-0.2, -0.15) is 0 Å². The van der Waals surface area contributed by atoms with Crippen molar-refractivity contribution in [2.24, 2.45) is 0 Å². The van der Waals surface area contributed by atoms with Gasteiger partial charge < -0.3 is 4.43 Å². The van der Waals surface area contributed by atoms with Crippen LogP contribution in [0.25, 0.3) is 0 Å². The number of halogens is 1. The minimum atomic E-state index is 0.00871. The molecule has 0 N–H and O–H groups in total. The number of hydrogen-bond donors (Lipinski definition) is 0.